The zero-order chi connectivity index (χ0) is 11.6. The van der Waals surface area contributed by atoms with Crippen molar-refractivity contribution in [2.45, 2.75) is 16.5 Å². The summed E-state index contributed by atoms with van der Waals surface area (Å²) in [5.74, 6) is -4.44. The van der Waals surface area contributed by atoms with E-state index in [2.05, 4.69) is 0 Å². The van der Waals surface area contributed by atoms with Crippen LogP contribution in [0.15, 0.2) is 0 Å². The molecule has 2 rings (SSSR count). The van der Waals surface area contributed by atoms with E-state index in [0.717, 1.165) is 0 Å². The molecule has 15 heavy (non-hydrogen) atoms. The van der Waals surface area contributed by atoms with Crippen molar-refractivity contribution in [3.05, 3.63) is 0 Å². The van der Waals surface area contributed by atoms with E-state index in [-0.39, 0.29) is 6.42 Å². The molecule has 4 N–H and O–H groups in total. The van der Waals surface area contributed by atoms with Gasteiger partial charge in [0.05, 0.1) is 11.2 Å². The molecule has 1 unspecified atom stereocenters. The van der Waals surface area contributed by atoms with E-state index in [0.29, 0.717) is 0 Å². The van der Waals surface area contributed by atoms with Gasteiger partial charge in [0.25, 0.3) is 0 Å². The van der Waals surface area contributed by atoms with Gasteiger partial charge in [0.1, 0.15) is 0 Å². The number of aliphatic carboxylic acids is 2. The molecular weight excluding hydrogens is 226 g/mol. The van der Waals surface area contributed by atoms with Gasteiger partial charge in [0, 0.05) is 0 Å². The second kappa shape index (κ2) is 2.50. The van der Waals surface area contributed by atoms with Crippen LogP contribution in [0, 0.1) is 11.8 Å². The summed E-state index contributed by atoms with van der Waals surface area (Å²) in [6.45, 7) is 0. The first-order valence-electron chi connectivity index (χ1n) is 4.22. The second-order valence-corrected chi connectivity index (χ2v) is 6.30. The summed E-state index contributed by atoms with van der Waals surface area (Å²) in [7, 11) is -4.09. The molecule has 0 bridgehead atoms. The molecule has 1 saturated carbocycles. The van der Waals surface area contributed by atoms with Crippen LogP contribution in [0.5, 0.6) is 0 Å². The van der Waals surface area contributed by atoms with E-state index in [1.54, 1.807) is 0 Å². The van der Waals surface area contributed by atoms with Crippen LogP contribution in [-0.4, -0.2) is 40.7 Å². The summed E-state index contributed by atoms with van der Waals surface area (Å²) in [5, 5.41) is 16.3. The number of carbonyl (C=O) groups is 2. The SMILES string of the molecule is N[C@]1(C(=O)O)C[C@@H]2C(C(=O)O)[C@@H]2S1(=O)=O. The quantitative estimate of drug-likeness (QED) is 0.516. The van der Waals surface area contributed by atoms with Crippen LogP contribution in [0.2, 0.25) is 0 Å². The van der Waals surface area contributed by atoms with Crippen molar-refractivity contribution in [1.82, 2.24) is 0 Å². The van der Waals surface area contributed by atoms with Gasteiger partial charge in [-0.3, -0.25) is 4.79 Å². The number of hydrogen-bond acceptors (Lipinski definition) is 5. The number of carboxylic acids is 2. The molecule has 0 aromatic carbocycles. The summed E-state index contributed by atoms with van der Waals surface area (Å²) in [5.41, 5.74) is 5.28. The minimum Gasteiger partial charge on any atom is -0.481 e. The van der Waals surface area contributed by atoms with E-state index < -0.39 is 43.7 Å². The number of hydrogen-bond donors (Lipinski definition) is 3. The van der Waals surface area contributed by atoms with Gasteiger partial charge in [-0.05, 0) is 12.3 Å². The molecule has 7 nitrogen and oxygen atoms in total. The minimum atomic E-state index is -4.09. The van der Waals surface area contributed by atoms with Crippen molar-refractivity contribution in [1.29, 1.82) is 0 Å². The van der Waals surface area contributed by atoms with Gasteiger partial charge >= 0.3 is 11.9 Å². The number of rotatable bonds is 2. The van der Waals surface area contributed by atoms with Crippen LogP contribution in [0.25, 0.3) is 0 Å². The summed E-state index contributed by atoms with van der Waals surface area (Å²) in [6, 6.07) is 0. The normalized spacial score (nSPS) is 45.8. The lowest BCUT2D eigenvalue weighted by Gasteiger charge is -2.20. The lowest BCUT2D eigenvalue weighted by Crippen LogP contribution is -2.54. The molecule has 2 aliphatic rings. The third kappa shape index (κ3) is 1.00. The molecule has 1 heterocycles. The predicted molar refractivity (Wildman–Crippen MR) is 46.5 cm³/mol. The molecule has 1 aliphatic heterocycles. The fourth-order valence-electron chi connectivity index (χ4n) is 2.25. The maximum absolute atomic E-state index is 11.6. The van der Waals surface area contributed by atoms with Crippen molar-refractivity contribution < 1.29 is 28.2 Å². The van der Waals surface area contributed by atoms with Crippen molar-refractivity contribution in [3.8, 4) is 0 Å². The van der Waals surface area contributed by atoms with Gasteiger partial charge in [-0.25, -0.2) is 13.2 Å². The van der Waals surface area contributed by atoms with Crippen molar-refractivity contribution in [2.24, 2.45) is 17.6 Å². The van der Waals surface area contributed by atoms with Crippen LogP contribution < -0.4 is 5.73 Å². The van der Waals surface area contributed by atoms with Crippen molar-refractivity contribution >= 4 is 21.8 Å². The topological polar surface area (TPSA) is 135 Å². The van der Waals surface area contributed by atoms with E-state index in [4.69, 9.17) is 15.9 Å². The smallest absolute Gasteiger partial charge is 0.339 e. The Hall–Kier alpha value is -1.15. The highest BCUT2D eigenvalue weighted by Gasteiger charge is 2.76. The Kier molecular flexibility index (Phi) is 1.73. The molecule has 84 valence electrons. The van der Waals surface area contributed by atoms with E-state index in [1.807, 2.05) is 0 Å². The fraction of sp³-hybridized carbons (Fsp3) is 0.714. The van der Waals surface area contributed by atoms with E-state index in [1.165, 1.54) is 0 Å². The monoisotopic (exact) mass is 235 g/mol. The highest BCUT2D eigenvalue weighted by atomic mass is 32.2. The zero-order valence-electron chi connectivity index (χ0n) is 7.45. The number of fused-ring (bicyclic) bond motifs is 1. The number of nitrogens with two attached hydrogens (primary N) is 1. The lowest BCUT2D eigenvalue weighted by molar-refractivity contribution is -0.142. The summed E-state index contributed by atoms with van der Waals surface area (Å²) in [4.78, 5) is 19.0. The molecule has 2 fully saturated rings. The Morgan fingerprint density at radius 1 is 1.33 bits per heavy atom. The maximum atomic E-state index is 11.6. The molecule has 1 saturated heterocycles. The average molecular weight is 235 g/mol. The van der Waals surface area contributed by atoms with Gasteiger partial charge in [-0.15, -0.1) is 0 Å². The van der Waals surface area contributed by atoms with Crippen molar-refractivity contribution in [2.75, 3.05) is 0 Å². The third-order valence-corrected chi connectivity index (χ3v) is 5.86. The zero-order valence-corrected chi connectivity index (χ0v) is 8.27. The van der Waals surface area contributed by atoms with Crippen LogP contribution in [-0.2, 0) is 19.4 Å². The summed E-state index contributed by atoms with van der Waals surface area (Å²) >= 11 is 0. The molecule has 0 spiro atoms. The average Bonchev–Trinajstić information content (AvgIpc) is 2.73. The lowest BCUT2D eigenvalue weighted by atomic mass is 10.1. The van der Waals surface area contributed by atoms with Crippen LogP contribution in [0.4, 0.5) is 0 Å². The molecule has 8 heteroatoms. The van der Waals surface area contributed by atoms with Crippen LogP contribution in [0.3, 0.4) is 0 Å². The molecule has 0 radical (unpaired) electrons. The largest absolute Gasteiger partial charge is 0.481 e. The fourth-order valence-corrected chi connectivity index (χ4v) is 4.74. The first kappa shape index (κ1) is 10.4. The molecule has 0 amide bonds. The number of carboxylic acid groups (broad SMARTS) is 2. The van der Waals surface area contributed by atoms with Crippen LogP contribution >= 0.6 is 0 Å². The van der Waals surface area contributed by atoms with Gasteiger partial charge in [0.2, 0.25) is 4.87 Å². The Morgan fingerprint density at radius 3 is 2.13 bits per heavy atom. The Balaban J connectivity index is 2.38. The highest BCUT2D eigenvalue weighted by molar-refractivity contribution is 7.94. The van der Waals surface area contributed by atoms with Crippen LogP contribution in [0.1, 0.15) is 6.42 Å². The maximum Gasteiger partial charge on any atom is 0.339 e. The predicted octanol–water partition coefficient (Wildman–Crippen LogP) is -1.76. The third-order valence-electron chi connectivity index (χ3n) is 3.15. The van der Waals surface area contributed by atoms with Gasteiger partial charge in [-0.2, -0.15) is 0 Å². The first-order chi connectivity index (χ1) is 6.73. The second-order valence-electron chi connectivity index (χ2n) is 3.94. The minimum absolute atomic E-state index is 0.313. The number of sulfone groups is 1. The van der Waals surface area contributed by atoms with Gasteiger partial charge < -0.3 is 15.9 Å². The molecule has 0 aromatic rings. The summed E-state index contributed by atoms with van der Waals surface area (Å²) in [6.07, 6.45) is -0.313. The Labute approximate surface area is 84.8 Å². The molecule has 1 aliphatic carbocycles. The first-order valence-corrected chi connectivity index (χ1v) is 5.76. The van der Waals surface area contributed by atoms with E-state index in [9.17, 15) is 18.0 Å². The molecule has 4 atom stereocenters. The van der Waals surface area contributed by atoms with Gasteiger partial charge in [0.15, 0.2) is 9.84 Å². The van der Waals surface area contributed by atoms with Gasteiger partial charge in [-0.1, -0.05) is 0 Å². The molecule has 0 aromatic heterocycles. The Bertz CT molecular complexity index is 456. The van der Waals surface area contributed by atoms with E-state index >= 15 is 0 Å². The van der Waals surface area contributed by atoms with Crippen molar-refractivity contribution in [3.63, 3.8) is 0 Å². The summed E-state index contributed by atoms with van der Waals surface area (Å²) < 4.78 is 23.3. The Morgan fingerprint density at radius 2 is 1.87 bits per heavy atom. The highest BCUT2D eigenvalue weighted by Crippen LogP contribution is 2.58. The standard InChI is InChI=1S/C7H9NO6S/c8-7(6(11)12)1-2-3(5(9)10)4(2)15(7,13)14/h2-4H,1,8H2,(H,9,10)(H,11,12)/t2-,3?,4-,7-/m1/s1. The molecular formula is C7H9NO6S.